The van der Waals surface area contributed by atoms with Gasteiger partial charge in [-0.25, -0.2) is 4.39 Å². The summed E-state index contributed by atoms with van der Waals surface area (Å²) in [6, 6.07) is 6.49. The van der Waals surface area contributed by atoms with Crippen molar-refractivity contribution in [2.45, 2.75) is 32.7 Å². The zero-order chi connectivity index (χ0) is 13.5. The highest BCUT2D eigenvalue weighted by atomic mass is 19.1. The highest BCUT2D eigenvalue weighted by Gasteiger charge is 2.16. The molecule has 0 spiro atoms. The van der Waals surface area contributed by atoms with E-state index in [9.17, 15) is 9.18 Å². The first-order chi connectivity index (χ1) is 8.52. The average Bonchev–Trinajstić information content (AvgIpc) is 2.31. The maximum absolute atomic E-state index is 12.8. The van der Waals surface area contributed by atoms with Crippen LogP contribution in [0, 0.1) is 5.82 Å². The highest BCUT2D eigenvalue weighted by Crippen LogP contribution is 2.10. The second kappa shape index (κ2) is 7.11. The topological polar surface area (TPSA) is 40.5 Å². The lowest BCUT2D eigenvalue weighted by Crippen LogP contribution is -2.39. The molecule has 0 aliphatic heterocycles. The molecular weight excluding hydrogens is 233 g/mol. The summed E-state index contributed by atoms with van der Waals surface area (Å²) in [7, 11) is 0. The minimum Gasteiger partial charge on any atom is -0.480 e. The molecule has 0 aliphatic rings. The zero-order valence-corrected chi connectivity index (χ0v) is 10.9. The molecule has 100 valence electrons. The number of benzene rings is 1. The van der Waals surface area contributed by atoms with E-state index in [1.54, 1.807) is 12.1 Å². The lowest BCUT2D eigenvalue weighted by atomic mass is 10.1. The van der Waals surface area contributed by atoms with Crippen molar-refractivity contribution in [1.82, 2.24) is 4.90 Å². The van der Waals surface area contributed by atoms with E-state index in [0.717, 1.165) is 24.9 Å². The van der Waals surface area contributed by atoms with Gasteiger partial charge in [-0.3, -0.25) is 9.69 Å². The van der Waals surface area contributed by atoms with Gasteiger partial charge in [0.05, 0.1) is 6.54 Å². The molecule has 1 N–H and O–H groups in total. The summed E-state index contributed by atoms with van der Waals surface area (Å²) in [5.74, 6) is -1.06. The van der Waals surface area contributed by atoms with Crippen molar-refractivity contribution >= 4 is 5.97 Å². The van der Waals surface area contributed by atoms with Crippen molar-refractivity contribution in [1.29, 1.82) is 0 Å². The highest BCUT2D eigenvalue weighted by molar-refractivity contribution is 5.69. The molecule has 0 saturated carbocycles. The third-order valence-corrected chi connectivity index (χ3v) is 2.92. The van der Waals surface area contributed by atoms with E-state index in [1.165, 1.54) is 12.1 Å². The summed E-state index contributed by atoms with van der Waals surface area (Å²) in [6.45, 7) is 4.84. The van der Waals surface area contributed by atoms with E-state index in [0.29, 0.717) is 0 Å². The van der Waals surface area contributed by atoms with Gasteiger partial charge in [-0.2, -0.15) is 0 Å². The minimum absolute atomic E-state index is 0.0518. The molecule has 0 saturated heterocycles. The van der Waals surface area contributed by atoms with Crippen molar-refractivity contribution in [3.05, 3.63) is 35.6 Å². The van der Waals surface area contributed by atoms with Crippen LogP contribution in [0.4, 0.5) is 4.39 Å². The largest absolute Gasteiger partial charge is 0.480 e. The lowest BCUT2D eigenvalue weighted by molar-refractivity contribution is -0.138. The van der Waals surface area contributed by atoms with Gasteiger partial charge in [0.1, 0.15) is 5.82 Å². The monoisotopic (exact) mass is 253 g/mol. The summed E-state index contributed by atoms with van der Waals surface area (Å²) < 4.78 is 12.8. The van der Waals surface area contributed by atoms with E-state index >= 15 is 0 Å². The predicted molar refractivity (Wildman–Crippen MR) is 69.1 cm³/mol. The number of aliphatic carboxylic acids is 1. The number of hydrogen-bond donors (Lipinski definition) is 1. The fourth-order valence-electron chi connectivity index (χ4n) is 2.01. The van der Waals surface area contributed by atoms with Crippen LogP contribution in [0.3, 0.4) is 0 Å². The Hall–Kier alpha value is -1.42. The van der Waals surface area contributed by atoms with Gasteiger partial charge < -0.3 is 5.11 Å². The molecule has 1 unspecified atom stereocenters. The number of carbonyl (C=O) groups is 1. The lowest BCUT2D eigenvalue weighted by Gasteiger charge is -2.27. The maximum atomic E-state index is 12.8. The van der Waals surface area contributed by atoms with Gasteiger partial charge in [-0.05, 0) is 44.0 Å². The molecule has 3 nitrogen and oxygen atoms in total. The molecule has 1 aromatic carbocycles. The second-order valence-electron chi connectivity index (χ2n) is 4.54. The fourth-order valence-corrected chi connectivity index (χ4v) is 2.01. The molecule has 1 rings (SSSR count). The van der Waals surface area contributed by atoms with Crippen LogP contribution in [0.1, 0.15) is 25.8 Å². The standard InChI is InChI=1S/C14H20FNO2/c1-3-8-16(10-14(17)18)11(2)9-12-4-6-13(15)7-5-12/h4-7,11H,3,8-10H2,1-2H3,(H,17,18). The Morgan fingerprint density at radius 3 is 2.50 bits per heavy atom. The summed E-state index contributed by atoms with van der Waals surface area (Å²) in [6.07, 6.45) is 1.65. The third-order valence-electron chi connectivity index (χ3n) is 2.92. The van der Waals surface area contributed by atoms with Crippen LogP contribution in [0.25, 0.3) is 0 Å². The molecule has 0 aromatic heterocycles. The summed E-state index contributed by atoms with van der Waals surface area (Å²) >= 11 is 0. The fraction of sp³-hybridized carbons (Fsp3) is 0.500. The number of carboxylic acids is 1. The molecule has 0 radical (unpaired) electrons. The first-order valence-corrected chi connectivity index (χ1v) is 6.23. The van der Waals surface area contributed by atoms with Crippen LogP contribution < -0.4 is 0 Å². The van der Waals surface area contributed by atoms with Gasteiger partial charge >= 0.3 is 5.97 Å². The Labute approximate surface area is 107 Å². The van der Waals surface area contributed by atoms with Crippen molar-refractivity contribution in [2.75, 3.05) is 13.1 Å². The minimum atomic E-state index is -0.811. The number of carboxylic acid groups (broad SMARTS) is 1. The number of hydrogen-bond acceptors (Lipinski definition) is 2. The molecule has 0 fully saturated rings. The summed E-state index contributed by atoms with van der Waals surface area (Å²) in [5, 5.41) is 8.87. The Morgan fingerprint density at radius 1 is 1.39 bits per heavy atom. The molecule has 4 heteroatoms. The molecule has 0 amide bonds. The number of halogens is 1. The molecule has 0 aliphatic carbocycles. The van der Waals surface area contributed by atoms with Gasteiger partial charge in [-0.15, -0.1) is 0 Å². The van der Waals surface area contributed by atoms with E-state index < -0.39 is 5.97 Å². The van der Waals surface area contributed by atoms with Crippen LogP contribution >= 0.6 is 0 Å². The maximum Gasteiger partial charge on any atom is 0.317 e. The second-order valence-corrected chi connectivity index (χ2v) is 4.54. The third kappa shape index (κ3) is 4.84. The first kappa shape index (κ1) is 14.6. The van der Waals surface area contributed by atoms with Gasteiger partial charge in [0.25, 0.3) is 0 Å². The van der Waals surface area contributed by atoms with E-state index in [1.807, 2.05) is 18.7 Å². The van der Waals surface area contributed by atoms with Gasteiger partial charge in [0.2, 0.25) is 0 Å². The van der Waals surface area contributed by atoms with E-state index in [-0.39, 0.29) is 18.4 Å². The van der Waals surface area contributed by atoms with Gasteiger partial charge in [0, 0.05) is 6.04 Å². The predicted octanol–water partition coefficient (Wildman–Crippen LogP) is 2.55. The SMILES string of the molecule is CCCN(CC(=O)O)C(C)Cc1ccc(F)cc1. The van der Waals surface area contributed by atoms with Gasteiger partial charge in [-0.1, -0.05) is 19.1 Å². The normalized spacial score (nSPS) is 12.7. The van der Waals surface area contributed by atoms with Crippen molar-refractivity contribution < 1.29 is 14.3 Å². The van der Waals surface area contributed by atoms with E-state index in [2.05, 4.69) is 0 Å². The van der Waals surface area contributed by atoms with Crippen LogP contribution in [0.5, 0.6) is 0 Å². The van der Waals surface area contributed by atoms with Crippen molar-refractivity contribution in [3.63, 3.8) is 0 Å². The Balaban J connectivity index is 2.62. The van der Waals surface area contributed by atoms with Crippen molar-refractivity contribution in [3.8, 4) is 0 Å². The summed E-state index contributed by atoms with van der Waals surface area (Å²) in [4.78, 5) is 12.7. The molecule has 0 bridgehead atoms. The number of rotatable bonds is 7. The first-order valence-electron chi connectivity index (χ1n) is 6.23. The molecule has 1 aromatic rings. The molecule has 0 heterocycles. The van der Waals surface area contributed by atoms with Crippen LogP contribution in [0.15, 0.2) is 24.3 Å². The van der Waals surface area contributed by atoms with Crippen LogP contribution in [-0.4, -0.2) is 35.1 Å². The quantitative estimate of drug-likeness (QED) is 0.812. The Kier molecular flexibility index (Phi) is 5.78. The smallest absolute Gasteiger partial charge is 0.317 e. The van der Waals surface area contributed by atoms with Crippen LogP contribution in [-0.2, 0) is 11.2 Å². The van der Waals surface area contributed by atoms with Gasteiger partial charge in [0.15, 0.2) is 0 Å². The van der Waals surface area contributed by atoms with E-state index in [4.69, 9.17) is 5.11 Å². The number of nitrogens with zero attached hydrogens (tertiary/aromatic N) is 1. The molecule has 18 heavy (non-hydrogen) atoms. The average molecular weight is 253 g/mol. The Bertz CT molecular complexity index is 378. The summed E-state index contributed by atoms with van der Waals surface area (Å²) in [5.41, 5.74) is 1.02. The molecular formula is C14H20FNO2. The van der Waals surface area contributed by atoms with Crippen molar-refractivity contribution in [2.24, 2.45) is 0 Å². The Morgan fingerprint density at radius 2 is 2.00 bits per heavy atom. The van der Waals surface area contributed by atoms with Crippen LogP contribution in [0.2, 0.25) is 0 Å². The molecule has 1 atom stereocenters. The zero-order valence-electron chi connectivity index (χ0n) is 10.9.